The summed E-state index contributed by atoms with van der Waals surface area (Å²) in [5, 5.41) is 12.4. The number of benzene rings is 1. The van der Waals surface area contributed by atoms with Crippen molar-refractivity contribution in [1.82, 2.24) is 30.0 Å². The van der Waals surface area contributed by atoms with Gasteiger partial charge in [0.05, 0.1) is 26.5 Å². The summed E-state index contributed by atoms with van der Waals surface area (Å²) in [6, 6.07) is 11.1. The van der Waals surface area contributed by atoms with E-state index in [1.807, 2.05) is 29.2 Å². The number of furan rings is 1. The van der Waals surface area contributed by atoms with Gasteiger partial charge in [0, 0.05) is 38.9 Å². The van der Waals surface area contributed by atoms with E-state index in [4.69, 9.17) is 13.9 Å². The minimum absolute atomic E-state index is 0.0941. The number of hydrogen-bond donors (Lipinski definition) is 0. The Kier molecular flexibility index (Phi) is 6.58. The number of carbonyl (C=O) groups is 1. The summed E-state index contributed by atoms with van der Waals surface area (Å²) in [5.74, 6) is 1.75. The number of tetrazole rings is 1. The van der Waals surface area contributed by atoms with Gasteiger partial charge in [0.15, 0.2) is 11.6 Å². The van der Waals surface area contributed by atoms with Crippen molar-refractivity contribution in [3.8, 4) is 5.75 Å². The van der Waals surface area contributed by atoms with Gasteiger partial charge in [0.1, 0.15) is 11.8 Å². The minimum atomic E-state index is -0.219. The van der Waals surface area contributed by atoms with Crippen molar-refractivity contribution >= 4 is 5.91 Å². The third kappa shape index (κ3) is 4.44. The zero-order chi connectivity index (χ0) is 21.6. The minimum Gasteiger partial charge on any atom is -0.496 e. The standard InChI is InChI=1S/C21H26N6O4/c1-29-15-13-27-20(22-23-24-27)19(16-6-3-4-7-17(16)30-2)25-9-11-26(12-10-25)21(28)18-8-5-14-31-18/h3-8,14,19H,9-13,15H2,1-2H3/t19-/m1/s1. The van der Waals surface area contributed by atoms with E-state index < -0.39 is 0 Å². The molecular formula is C21H26N6O4. The fraction of sp³-hybridized carbons (Fsp3) is 0.429. The van der Waals surface area contributed by atoms with Crippen LogP contribution in [0, 0.1) is 0 Å². The molecule has 1 aliphatic heterocycles. The van der Waals surface area contributed by atoms with Crippen LogP contribution in [-0.4, -0.2) is 82.9 Å². The molecule has 0 spiro atoms. The molecule has 2 aromatic heterocycles. The molecule has 0 bridgehead atoms. The van der Waals surface area contributed by atoms with E-state index in [-0.39, 0.29) is 11.9 Å². The number of para-hydroxylation sites is 1. The fourth-order valence-corrected chi connectivity index (χ4v) is 3.88. The first-order chi connectivity index (χ1) is 15.2. The zero-order valence-corrected chi connectivity index (χ0v) is 17.7. The molecule has 1 aliphatic rings. The Morgan fingerprint density at radius 3 is 2.65 bits per heavy atom. The second-order valence-corrected chi connectivity index (χ2v) is 7.20. The molecule has 1 fully saturated rings. The monoisotopic (exact) mass is 426 g/mol. The molecule has 0 unspecified atom stereocenters. The lowest BCUT2D eigenvalue weighted by Gasteiger charge is -2.38. The Bertz CT molecular complexity index is 981. The number of amides is 1. The van der Waals surface area contributed by atoms with Crippen LogP contribution in [0.2, 0.25) is 0 Å². The molecule has 10 nitrogen and oxygen atoms in total. The molecule has 164 valence electrons. The first kappa shape index (κ1) is 21.0. The number of ether oxygens (including phenoxy) is 2. The van der Waals surface area contributed by atoms with Crippen molar-refractivity contribution in [2.45, 2.75) is 12.6 Å². The van der Waals surface area contributed by atoms with Gasteiger partial charge in [0.2, 0.25) is 0 Å². The van der Waals surface area contributed by atoms with Gasteiger partial charge >= 0.3 is 0 Å². The highest BCUT2D eigenvalue weighted by Gasteiger charge is 2.33. The fourth-order valence-electron chi connectivity index (χ4n) is 3.88. The molecule has 0 N–H and O–H groups in total. The SMILES string of the molecule is COCCn1nnnc1[C@@H](c1ccccc1OC)N1CCN(C(=O)c2ccco2)CC1. The maximum Gasteiger partial charge on any atom is 0.289 e. The number of carbonyl (C=O) groups excluding carboxylic acids is 1. The topological polar surface area (TPSA) is 98.7 Å². The number of methoxy groups -OCH3 is 2. The van der Waals surface area contributed by atoms with Crippen molar-refractivity contribution in [3.05, 3.63) is 59.8 Å². The maximum absolute atomic E-state index is 12.7. The number of nitrogens with zero attached hydrogens (tertiary/aromatic N) is 6. The van der Waals surface area contributed by atoms with Crippen LogP contribution in [0.25, 0.3) is 0 Å². The van der Waals surface area contributed by atoms with Gasteiger partial charge < -0.3 is 18.8 Å². The highest BCUT2D eigenvalue weighted by atomic mass is 16.5. The summed E-state index contributed by atoms with van der Waals surface area (Å²) in [7, 11) is 3.31. The smallest absolute Gasteiger partial charge is 0.289 e. The van der Waals surface area contributed by atoms with Crippen molar-refractivity contribution in [3.63, 3.8) is 0 Å². The van der Waals surface area contributed by atoms with Gasteiger partial charge in [-0.2, -0.15) is 0 Å². The van der Waals surface area contributed by atoms with Crippen LogP contribution in [0.15, 0.2) is 47.1 Å². The largest absolute Gasteiger partial charge is 0.496 e. The third-order valence-corrected chi connectivity index (χ3v) is 5.44. The lowest BCUT2D eigenvalue weighted by atomic mass is 10.0. The first-order valence-electron chi connectivity index (χ1n) is 10.2. The summed E-state index contributed by atoms with van der Waals surface area (Å²) in [6.45, 7) is 3.51. The van der Waals surface area contributed by atoms with Crippen molar-refractivity contribution in [1.29, 1.82) is 0 Å². The Morgan fingerprint density at radius 1 is 1.13 bits per heavy atom. The molecule has 3 aromatic rings. The van der Waals surface area contributed by atoms with Gasteiger partial charge in [-0.25, -0.2) is 4.68 Å². The summed E-state index contributed by atoms with van der Waals surface area (Å²) in [4.78, 5) is 16.7. The van der Waals surface area contributed by atoms with E-state index in [9.17, 15) is 4.79 Å². The average Bonchev–Trinajstić information content (AvgIpc) is 3.51. The molecule has 0 radical (unpaired) electrons. The van der Waals surface area contributed by atoms with Gasteiger partial charge in [-0.15, -0.1) is 5.10 Å². The molecule has 1 amide bonds. The number of aromatic nitrogens is 4. The summed E-state index contributed by atoms with van der Waals surface area (Å²) in [5.41, 5.74) is 0.976. The van der Waals surface area contributed by atoms with E-state index >= 15 is 0 Å². The van der Waals surface area contributed by atoms with Crippen LogP contribution in [0.3, 0.4) is 0 Å². The molecule has 0 saturated carbocycles. The van der Waals surface area contributed by atoms with Crippen LogP contribution in [-0.2, 0) is 11.3 Å². The van der Waals surface area contributed by atoms with Crippen LogP contribution in [0.5, 0.6) is 5.75 Å². The predicted molar refractivity (Wildman–Crippen MR) is 111 cm³/mol. The normalized spacial score (nSPS) is 15.7. The second kappa shape index (κ2) is 9.71. The van der Waals surface area contributed by atoms with Crippen molar-refractivity contribution < 1.29 is 18.7 Å². The third-order valence-electron chi connectivity index (χ3n) is 5.44. The predicted octanol–water partition coefficient (Wildman–Crippen LogP) is 1.47. The van der Waals surface area contributed by atoms with Gasteiger partial charge in [-0.3, -0.25) is 9.69 Å². The highest BCUT2D eigenvalue weighted by molar-refractivity contribution is 5.91. The van der Waals surface area contributed by atoms with Crippen LogP contribution >= 0.6 is 0 Å². The van der Waals surface area contributed by atoms with E-state index in [2.05, 4.69) is 20.4 Å². The molecule has 4 rings (SSSR count). The number of piperazine rings is 1. The Hall–Kier alpha value is -3.24. The molecular weight excluding hydrogens is 400 g/mol. The summed E-state index contributed by atoms with van der Waals surface area (Å²) in [6.07, 6.45) is 1.51. The van der Waals surface area contributed by atoms with Gasteiger partial charge in [0.25, 0.3) is 5.91 Å². The van der Waals surface area contributed by atoms with Gasteiger partial charge in [-0.1, -0.05) is 18.2 Å². The molecule has 0 aliphatic carbocycles. The molecule has 1 saturated heterocycles. The second-order valence-electron chi connectivity index (χ2n) is 7.20. The molecule has 1 atom stereocenters. The van der Waals surface area contributed by atoms with E-state index in [1.54, 1.807) is 31.0 Å². The Balaban J connectivity index is 1.60. The van der Waals surface area contributed by atoms with Gasteiger partial charge in [-0.05, 0) is 28.6 Å². The molecule has 3 heterocycles. The molecule has 1 aromatic carbocycles. The molecule has 10 heteroatoms. The van der Waals surface area contributed by atoms with E-state index in [1.165, 1.54) is 6.26 Å². The van der Waals surface area contributed by atoms with E-state index in [0.717, 1.165) is 11.3 Å². The average molecular weight is 426 g/mol. The van der Waals surface area contributed by atoms with E-state index in [0.29, 0.717) is 50.9 Å². The highest BCUT2D eigenvalue weighted by Crippen LogP contribution is 2.34. The quantitative estimate of drug-likeness (QED) is 0.534. The zero-order valence-electron chi connectivity index (χ0n) is 17.7. The lowest BCUT2D eigenvalue weighted by molar-refractivity contribution is 0.0556. The lowest BCUT2D eigenvalue weighted by Crippen LogP contribution is -2.50. The maximum atomic E-state index is 12.7. The number of hydrogen-bond acceptors (Lipinski definition) is 8. The summed E-state index contributed by atoms with van der Waals surface area (Å²) >= 11 is 0. The Labute approximate surface area is 180 Å². The first-order valence-corrected chi connectivity index (χ1v) is 10.2. The van der Waals surface area contributed by atoms with Crippen LogP contribution in [0.1, 0.15) is 28.0 Å². The number of rotatable bonds is 8. The summed E-state index contributed by atoms with van der Waals surface area (Å²) < 4.78 is 17.9. The van der Waals surface area contributed by atoms with Crippen molar-refractivity contribution in [2.75, 3.05) is 47.0 Å². The van der Waals surface area contributed by atoms with Crippen LogP contribution in [0.4, 0.5) is 0 Å². The Morgan fingerprint density at radius 2 is 1.94 bits per heavy atom. The van der Waals surface area contributed by atoms with Crippen LogP contribution < -0.4 is 4.74 Å². The molecule has 31 heavy (non-hydrogen) atoms. The van der Waals surface area contributed by atoms with Crippen molar-refractivity contribution in [2.24, 2.45) is 0 Å².